The molecule has 0 spiro atoms. The monoisotopic (exact) mass is 418 g/mol. The number of amides is 2. The Morgan fingerprint density at radius 3 is 2.48 bits per heavy atom. The molecule has 2 N–H and O–H groups in total. The highest BCUT2D eigenvalue weighted by atomic mass is 32.2. The van der Waals surface area contributed by atoms with Crippen LogP contribution in [0.4, 0.5) is 10.1 Å². The van der Waals surface area contributed by atoms with Crippen molar-refractivity contribution in [3.8, 4) is 0 Å². The molecule has 2 rings (SSSR count). The van der Waals surface area contributed by atoms with Gasteiger partial charge in [0, 0.05) is 11.4 Å². The van der Waals surface area contributed by atoms with Gasteiger partial charge in [-0.3, -0.25) is 14.4 Å². The molecule has 0 bridgehead atoms. The van der Waals surface area contributed by atoms with Crippen molar-refractivity contribution in [3.05, 3.63) is 59.9 Å². The van der Waals surface area contributed by atoms with Crippen LogP contribution in [0.5, 0.6) is 0 Å². The van der Waals surface area contributed by atoms with E-state index >= 15 is 0 Å². The number of rotatable bonds is 9. The second-order valence-electron chi connectivity index (χ2n) is 6.58. The predicted molar refractivity (Wildman–Crippen MR) is 110 cm³/mol. The van der Waals surface area contributed by atoms with Gasteiger partial charge < -0.3 is 15.4 Å². The molecule has 0 aromatic heterocycles. The van der Waals surface area contributed by atoms with Crippen molar-refractivity contribution in [3.63, 3.8) is 0 Å². The lowest BCUT2D eigenvalue weighted by Gasteiger charge is -2.12. The Morgan fingerprint density at radius 2 is 1.76 bits per heavy atom. The first-order valence-electron chi connectivity index (χ1n) is 9.07. The summed E-state index contributed by atoms with van der Waals surface area (Å²) >= 11 is 0.991. The van der Waals surface area contributed by atoms with E-state index in [4.69, 9.17) is 4.74 Å². The zero-order valence-electron chi connectivity index (χ0n) is 16.2. The van der Waals surface area contributed by atoms with E-state index in [-0.39, 0.29) is 11.7 Å². The van der Waals surface area contributed by atoms with E-state index in [0.29, 0.717) is 28.6 Å². The van der Waals surface area contributed by atoms with Gasteiger partial charge in [-0.15, -0.1) is 11.8 Å². The maximum Gasteiger partial charge on any atom is 0.316 e. The smallest absolute Gasteiger partial charge is 0.316 e. The van der Waals surface area contributed by atoms with Gasteiger partial charge in [0.25, 0.3) is 11.8 Å². The number of nitrogens with one attached hydrogen (secondary N) is 2. The Morgan fingerprint density at radius 1 is 1.07 bits per heavy atom. The van der Waals surface area contributed by atoms with Crippen LogP contribution in [0.1, 0.15) is 24.2 Å². The summed E-state index contributed by atoms with van der Waals surface area (Å²) in [4.78, 5) is 36.5. The summed E-state index contributed by atoms with van der Waals surface area (Å²) in [6, 6.07) is 12.7. The van der Waals surface area contributed by atoms with Crippen LogP contribution in [0, 0.1) is 11.7 Å². The Hall–Kier alpha value is -2.87. The van der Waals surface area contributed by atoms with E-state index in [2.05, 4.69) is 10.6 Å². The van der Waals surface area contributed by atoms with Crippen LogP contribution < -0.4 is 10.6 Å². The molecule has 0 aliphatic rings. The van der Waals surface area contributed by atoms with Gasteiger partial charge in [0.2, 0.25) is 0 Å². The van der Waals surface area contributed by atoms with E-state index in [0.717, 1.165) is 11.8 Å². The largest absolute Gasteiger partial charge is 0.455 e. The van der Waals surface area contributed by atoms with Gasteiger partial charge in [-0.2, -0.15) is 0 Å². The fraction of sp³-hybridized carbons (Fsp3) is 0.286. The maximum atomic E-state index is 13.5. The highest BCUT2D eigenvalue weighted by Gasteiger charge is 2.15. The number of carbonyl (C=O) groups is 3. The van der Waals surface area contributed by atoms with E-state index in [1.165, 1.54) is 6.07 Å². The van der Waals surface area contributed by atoms with Gasteiger partial charge >= 0.3 is 5.97 Å². The van der Waals surface area contributed by atoms with Crippen LogP contribution in [-0.2, 0) is 14.3 Å². The van der Waals surface area contributed by atoms with E-state index < -0.39 is 24.3 Å². The number of hydrogen-bond donors (Lipinski definition) is 2. The topological polar surface area (TPSA) is 84.5 Å². The predicted octanol–water partition coefficient (Wildman–Crippen LogP) is 3.49. The summed E-state index contributed by atoms with van der Waals surface area (Å²) < 4.78 is 18.5. The van der Waals surface area contributed by atoms with Gasteiger partial charge in [-0.05, 0) is 30.2 Å². The standard InChI is InChI=1S/C21H23FN2O4S/c1-14(2)11-23-21(27)15-7-3-5-9-17(15)24-19(25)12-28-20(26)13-29-18-10-6-4-8-16(18)22/h3-10,14H,11-13H2,1-2H3,(H,23,27)(H,24,25). The lowest BCUT2D eigenvalue weighted by atomic mass is 10.1. The van der Waals surface area contributed by atoms with Crippen molar-refractivity contribution in [2.75, 3.05) is 24.2 Å². The molecule has 0 saturated heterocycles. The number of anilines is 1. The highest BCUT2D eigenvalue weighted by Crippen LogP contribution is 2.21. The SMILES string of the molecule is CC(C)CNC(=O)c1ccccc1NC(=O)COC(=O)CSc1ccccc1F. The summed E-state index contributed by atoms with van der Waals surface area (Å²) in [6.07, 6.45) is 0. The molecule has 0 atom stereocenters. The number of para-hydroxylation sites is 1. The maximum absolute atomic E-state index is 13.5. The zero-order valence-corrected chi connectivity index (χ0v) is 17.1. The van der Waals surface area contributed by atoms with Gasteiger partial charge in [-0.25, -0.2) is 4.39 Å². The molecule has 0 fully saturated rings. The summed E-state index contributed by atoms with van der Waals surface area (Å²) in [5.41, 5.74) is 0.651. The van der Waals surface area contributed by atoms with Gasteiger partial charge in [0.15, 0.2) is 6.61 Å². The lowest BCUT2D eigenvalue weighted by Crippen LogP contribution is -2.29. The Bertz CT molecular complexity index is 873. The minimum absolute atomic E-state index is 0.123. The third kappa shape index (κ3) is 7.57. The molecular weight excluding hydrogens is 395 g/mol. The van der Waals surface area contributed by atoms with E-state index in [1.807, 2.05) is 13.8 Å². The van der Waals surface area contributed by atoms with Gasteiger partial charge in [0.1, 0.15) is 5.82 Å². The first-order valence-corrected chi connectivity index (χ1v) is 10.1. The average Bonchev–Trinajstić information content (AvgIpc) is 2.70. The third-order valence-electron chi connectivity index (χ3n) is 3.66. The van der Waals surface area contributed by atoms with E-state index in [1.54, 1.807) is 42.5 Å². The Kier molecular flexibility index (Phi) is 8.67. The summed E-state index contributed by atoms with van der Waals surface area (Å²) in [5, 5.41) is 5.36. The van der Waals surface area contributed by atoms with Crippen LogP contribution in [0.3, 0.4) is 0 Å². The number of hydrogen-bond acceptors (Lipinski definition) is 5. The number of halogens is 1. The molecule has 2 aromatic rings. The molecule has 6 nitrogen and oxygen atoms in total. The molecular formula is C21H23FN2O4S. The first kappa shape index (κ1) is 22.4. The summed E-state index contributed by atoms with van der Waals surface area (Å²) in [7, 11) is 0. The van der Waals surface area contributed by atoms with Crippen LogP contribution in [-0.4, -0.2) is 36.7 Å². The molecule has 0 aliphatic carbocycles. The number of ether oxygens (including phenoxy) is 1. The number of carbonyl (C=O) groups excluding carboxylic acids is 3. The molecule has 0 radical (unpaired) electrons. The molecule has 0 unspecified atom stereocenters. The molecule has 2 aromatic carbocycles. The van der Waals surface area contributed by atoms with E-state index in [9.17, 15) is 18.8 Å². The van der Waals surface area contributed by atoms with Crippen LogP contribution >= 0.6 is 11.8 Å². The summed E-state index contributed by atoms with van der Waals surface area (Å²) in [6.45, 7) is 3.97. The molecule has 0 aliphatic heterocycles. The number of benzene rings is 2. The second-order valence-corrected chi connectivity index (χ2v) is 7.59. The Labute approximate surface area is 173 Å². The summed E-state index contributed by atoms with van der Waals surface area (Å²) in [5.74, 6) is -1.76. The minimum Gasteiger partial charge on any atom is -0.455 e. The van der Waals surface area contributed by atoms with Crippen LogP contribution in [0.15, 0.2) is 53.4 Å². The fourth-order valence-corrected chi connectivity index (χ4v) is 2.99. The zero-order chi connectivity index (χ0) is 21.2. The van der Waals surface area contributed by atoms with Gasteiger partial charge in [0.05, 0.1) is 17.0 Å². The van der Waals surface area contributed by atoms with Crippen molar-refractivity contribution in [1.29, 1.82) is 0 Å². The van der Waals surface area contributed by atoms with Crippen molar-refractivity contribution in [1.82, 2.24) is 5.32 Å². The lowest BCUT2D eigenvalue weighted by molar-refractivity contribution is -0.144. The molecule has 2 amide bonds. The first-order chi connectivity index (χ1) is 13.9. The van der Waals surface area contributed by atoms with Gasteiger partial charge in [-0.1, -0.05) is 38.1 Å². The Balaban J connectivity index is 1.84. The average molecular weight is 418 g/mol. The number of thioether (sulfide) groups is 1. The quantitative estimate of drug-likeness (QED) is 0.481. The minimum atomic E-state index is -0.642. The highest BCUT2D eigenvalue weighted by molar-refractivity contribution is 8.00. The van der Waals surface area contributed by atoms with Crippen LogP contribution in [0.2, 0.25) is 0 Å². The molecule has 0 heterocycles. The molecule has 0 saturated carbocycles. The van der Waals surface area contributed by atoms with Crippen LogP contribution in [0.25, 0.3) is 0 Å². The number of esters is 1. The molecule has 29 heavy (non-hydrogen) atoms. The van der Waals surface area contributed by atoms with Crippen molar-refractivity contribution in [2.45, 2.75) is 18.7 Å². The molecule has 154 valence electrons. The van der Waals surface area contributed by atoms with Crippen molar-refractivity contribution >= 4 is 35.2 Å². The second kappa shape index (κ2) is 11.2. The fourth-order valence-electron chi connectivity index (χ4n) is 2.25. The normalized spacial score (nSPS) is 10.5. The third-order valence-corrected chi connectivity index (χ3v) is 4.69. The van der Waals surface area contributed by atoms with Crippen molar-refractivity contribution < 1.29 is 23.5 Å². The van der Waals surface area contributed by atoms with Crippen molar-refractivity contribution in [2.24, 2.45) is 5.92 Å². The molecule has 8 heteroatoms.